The molecule has 3 N–H and O–H groups in total. The number of carbonyl (C=O) groups is 1. The molecule has 2 aromatic rings. The molecule has 2 rings (SSSR count). The number of rotatable bonds is 4. The van der Waals surface area contributed by atoms with Gasteiger partial charge in [-0.2, -0.15) is 0 Å². The van der Waals surface area contributed by atoms with Gasteiger partial charge in [-0.3, -0.25) is 4.79 Å². The number of benzene rings is 2. The van der Waals surface area contributed by atoms with Crippen molar-refractivity contribution in [2.45, 2.75) is 6.92 Å². The van der Waals surface area contributed by atoms with Gasteiger partial charge in [-0.25, -0.2) is 0 Å². The quantitative estimate of drug-likeness (QED) is 0.629. The summed E-state index contributed by atoms with van der Waals surface area (Å²) in [7, 11) is 0. The Bertz CT molecular complexity index is 612. The summed E-state index contributed by atoms with van der Waals surface area (Å²) in [5, 5.41) is 2.73. The van der Waals surface area contributed by atoms with Gasteiger partial charge in [0.15, 0.2) is 0 Å². The van der Waals surface area contributed by atoms with E-state index in [0.29, 0.717) is 29.3 Å². The molecule has 0 bridgehead atoms. The number of halogens is 1. The number of ether oxygens (including phenoxy) is 1. The molecule has 5 heteroatoms. The number of nitrogens with two attached hydrogens (primary N) is 1. The predicted octanol–water partition coefficient (Wildman–Crippen LogP) is 3.42. The summed E-state index contributed by atoms with van der Waals surface area (Å²) in [6.45, 7) is 2.45. The van der Waals surface area contributed by atoms with Gasteiger partial charge in [0.05, 0.1) is 5.69 Å². The van der Waals surface area contributed by atoms with Crippen LogP contribution in [0.2, 0.25) is 0 Å². The fourth-order valence-electron chi connectivity index (χ4n) is 1.67. The lowest BCUT2D eigenvalue weighted by Crippen LogP contribution is -2.22. The number of amides is 1. The molecule has 1 amide bonds. The van der Waals surface area contributed by atoms with Gasteiger partial charge in [0.1, 0.15) is 11.5 Å². The van der Waals surface area contributed by atoms with Gasteiger partial charge >= 0.3 is 0 Å². The summed E-state index contributed by atoms with van der Waals surface area (Å²) in [4.78, 5) is 11.7. The van der Waals surface area contributed by atoms with E-state index in [-0.39, 0.29) is 5.91 Å². The van der Waals surface area contributed by atoms with Gasteiger partial charge in [-0.15, -0.1) is 0 Å². The van der Waals surface area contributed by atoms with Crippen molar-refractivity contribution in [1.29, 1.82) is 0 Å². The van der Waals surface area contributed by atoms with Crippen LogP contribution in [0, 0.1) is 3.57 Å². The molecule has 0 heterocycles. The van der Waals surface area contributed by atoms with Crippen molar-refractivity contribution < 1.29 is 9.53 Å². The number of hydrogen-bond donors (Lipinski definition) is 2. The SMILES string of the molecule is CCNC(=O)c1ccc(Oc2ccc(I)cc2)c(N)c1. The first-order chi connectivity index (χ1) is 9.60. The summed E-state index contributed by atoms with van der Waals surface area (Å²) < 4.78 is 6.83. The van der Waals surface area contributed by atoms with Crippen molar-refractivity contribution in [2.75, 3.05) is 12.3 Å². The highest BCUT2D eigenvalue weighted by Crippen LogP contribution is 2.28. The fourth-order valence-corrected chi connectivity index (χ4v) is 2.03. The lowest BCUT2D eigenvalue weighted by atomic mass is 10.1. The maximum absolute atomic E-state index is 11.7. The molecule has 20 heavy (non-hydrogen) atoms. The van der Waals surface area contributed by atoms with Crippen LogP contribution in [-0.2, 0) is 0 Å². The van der Waals surface area contributed by atoms with Crippen LogP contribution in [0.5, 0.6) is 11.5 Å². The summed E-state index contributed by atoms with van der Waals surface area (Å²) in [6.07, 6.45) is 0. The second-order valence-electron chi connectivity index (χ2n) is 4.17. The average Bonchev–Trinajstić information content (AvgIpc) is 2.43. The zero-order valence-electron chi connectivity index (χ0n) is 11.0. The average molecular weight is 382 g/mol. The van der Waals surface area contributed by atoms with Gasteiger partial charge < -0.3 is 15.8 Å². The molecule has 0 radical (unpaired) electrons. The van der Waals surface area contributed by atoms with E-state index in [4.69, 9.17) is 10.5 Å². The molecule has 0 saturated carbocycles. The zero-order valence-corrected chi connectivity index (χ0v) is 13.2. The standard InChI is InChI=1S/C15H15IN2O2/c1-2-18-15(19)10-3-8-14(13(17)9-10)20-12-6-4-11(16)5-7-12/h3-9H,2,17H2,1H3,(H,18,19). The van der Waals surface area contributed by atoms with E-state index in [1.54, 1.807) is 18.2 Å². The van der Waals surface area contributed by atoms with E-state index in [1.807, 2.05) is 31.2 Å². The third-order valence-corrected chi connectivity index (χ3v) is 3.37. The van der Waals surface area contributed by atoms with Crippen molar-refractivity contribution in [1.82, 2.24) is 5.32 Å². The molecule has 0 saturated heterocycles. The maximum Gasteiger partial charge on any atom is 0.251 e. The minimum Gasteiger partial charge on any atom is -0.455 e. The minimum atomic E-state index is -0.139. The first-order valence-corrected chi connectivity index (χ1v) is 7.29. The number of carbonyl (C=O) groups excluding carboxylic acids is 1. The second kappa shape index (κ2) is 6.60. The molecule has 0 aromatic heterocycles. The largest absolute Gasteiger partial charge is 0.455 e. The Labute approximate surface area is 131 Å². The van der Waals surface area contributed by atoms with Crippen LogP contribution in [0.4, 0.5) is 5.69 Å². The fraction of sp³-hybridized carbons (Fsp3) is 0.133. The molecular formula is C15H15IN2O2. The van der Waals surface area contributed by atoms with Crippen LogP contribution < -0.4 is 15.8 Å². The number of anilines is 1. The van der Waals surface area contributed by atoms with E-state index in [9.17, 15) is 4.79 Å². The Morgan fingerprint density at radius 2 is 1.95 bits per heavy atom. The van der Waals surface area contributed by atoms with E-state index >= 15 is 0 Å². The van der Waals surface area contributed by atoms with E-state index in [1.165, 1.54) is 0 Å². The molecule has 0 spiro atoms. The summed E-state index contributed by atoms with van der Waals surface area (Å²) in [5.74, 6) is 1.11. The minimum absolute atomic E-state index is 0.139. The van der Waals surface area contributed by atoms with Crippen molar-refractivity contribution in [3.63, 3.8) is 0 Å². The number of nitrogens with one attached hydrogen (secondary N) is 1. The van der Waals surface area contributed by atoms with Crippen LogP contribution in [-0.4, -0.2) is 12.5 Å². The molecule has 0 atom stereocenters. The first-order valence-electron chi connectivity index (χ1n) is 6.21. The highest BCUT2D eigenvalue weighted by molar-refractivity contribution is 14.1. The third kappa shape index (κ3) is 3.63. The van der Waals surface area contributed by atoms with Crippen LogP contribution >= 0.6 is 22.6 Å². The van der Waals surface area contributed by atoms with Crippen molar-refractivity contribution in [2.24, 2.45) is 0 Å². The lowest BCUT2D eigenvalue weighted by molar-refractivity contribution is 0.0956. The summed E-state index contributed by atoms with van der Waals surface area (Å²) in [6, 6.07) is 12.7. The van der Waals surface area contributed by atoms with Gasteiger partial charge in [0, 0.05) is 15.7 Å². The third-order valence-electron chi connectivity index (χ3n) is 2.65. The van der Waals surface area contributed by atoms with E-state index in [0.717, 1.165) is 3.57 Å². The van der Waals surface area contributed by atoms with Gasteiger partial charge in [-0.05, 0) is 72.0 Å². The Kier molecular flexibility index (Phi) is 4.84. The van der Waals surface area contributed by atoms with E-state index in [2.05, 4.69) is 27.9 Å². The van der Waals surface area contributed by atoms with Crippen molar-refractivity contribution in [3.8, 4) is 11.5 Å². The van der Waals surface area contributed by atoms with Crippen molar-refractivity contribution in [3.05, 3.63) is 51.6 Å². The van der Waals surface area contributed by atoms with Crippen LogP contribution in [0.3, 0.4) is 0 Å². The maximum atomic E-state index is 11.7. The molecule has 0 aliphatic heterocycles. The van der Waals surface area contributed by atoms with Gasteiger partial charge in [0.25, 0.3) is 5.91 Å². The molecule has 0 aliphatic rings. The Hall–Kier alpha value is -1.76. The molecule has 2 aromatic carbocycles. The van der Waals surface area contributed by atoms with Gasteiger partial charge in [-0.1, -0.05) is 0 Å². The summed E-state index contributed by atoms with van der Waals surface area (Å²) >= 11 is 2.23. The molecule has 104 valence electrons. The highest BCUT2D eigenvalue weighted by Gasteiger charge is 2.08. The Balaban J connectivity index is 2.17. The predicted molar refractivity (Wildman–Crippen MR) is 88.1 cm³/mol. The molecule has 4 nitrogen and oxygen atoms in total. The first kappa shape index (κ1) is 14.6. The van der Waals surface area contributed by atoms with E-state index < -0.39 is 0 Å². The topological polar surface area (TPSA) is 64.3 Å². The monoisotopic (exact) mass is 382 g/mol. The normalized spacial score (nSPS) is 10.1. The van der Waals surface area contributed by atoms with Crippen LogP contribution in [0.1, 0.15) is 17.3 Å². The Morgan fingerprint density at radius 3 is 2.55 bits per heavy atom. The van der Waals surface area contributed by atoms with Gasteiger partial charge in [0.2, 0.25) is 0 Å². The summed E-state index contributed by atoms with van der Waals surface area (Å²) in [5.41, 5.74) is 6.89. The highest BCUT2D eigenvalue weighted by atomic mass is 127. The zero-order chi connectivity index (χ0) is 14.5. The molecule has 0 aliphatic carbocycles. The second-order valence-corrected chi connectivity index (χ2v) is 5.41. The Morgan fingerprint density at radius 1 is 1.25 bits per heavy atom. The van der Waals surface area contributed by atoms with Crippen LogP contribution in [0.15, 0.2) is 42.5 Å². The molecule has 0 unspecified atom stereocenters. The molecule has 0 fully saturated rings. The smallest absolute Gasteiger partial charge is 0.251 e. The molecular weight excluding hydrogens is 367 g/mol. The number of nitrogen functional groups attached to an aromatic ring is 1. The van der Waals surface area contributed by atoms with Crippen molar-refractivity contribution >= 4 is 34.2 Å². The van der Waals surface area contributed by atoms with Crippen LogP contribution in [0.25, 0.3) is 0 Å². The number of hydrogen-bond acceptors (Lipinski definition) is 3. The lowest BCUT2D eigenvalue weighted by Gasteiger charge is -2.10.